The Kier molecular flexibility index (Phi) is 8.31. The van der Waals surface area contributed by atoms with Crippen LogP contribution in [0.25, 0.3) is 0 Å². The molecular formula is C17H23IN4O2. The summed E-state index contributed by atoms with van der Waals surface area (Å²) in [6.45, 7) is 2.96. The highest BCUT2D eigenvalue weighted by molar-refractivity contribution is 14.0. The summed E-state index contributed by atoms with van der Waals surface area (Å²) in [5.41, 5.74) is 8.78. The molecule has 0 amide bonds. The predicted molar refractivity (Wildman–Crippen MR) is 106 cm³/mol. The van der Waals surface area contributed by atoms with Crippen LogP contribution in [0.5, 0.6) is 11.5 Å². The minimum atomic E-state index is 0. The van der Waals surface area contributed by atoms with Crippen molar-refractivity contribution in [2.75, 3.05) is 14.2 Å². The number of pyridine rings is 1. The number of hydrogen-bond donors (Lipinski definition) is 2. The minimum absolute atomic E-state index is 0. The maximum atomic E-state index is 5.89. The van der Waals surface area contributed by atoms with Crippen molar-refractivity contribution in [2.45, 2.75) is 20.0 Å². The Labute approximate surface area is 159 Å². The van der Waals surface area contributed by atoms with E-state index in [-0.39, 0.29) is 24.0 Å². The Balaban J connectivity index is 0.00000288. The van der Waals surface area contributed by atoms with E-state index in [0.717, 1.165) is 17.0 Å². The molecule has 2 aromatic rings. The third-order valence-electron chi connectivity index (χ3n) is 3.28. The first kappa shape index (κ1) is 20.0. The molecule has 0 spiro atoms. The molecule has 0 radical (unpaired) electrons. The minimum Gasteiger partial charge on any atom is -0.493 e. The summed E-state index contributed by atoms with van der Waals surface area (Å²) in [5, 5.41) is 3.06. The van der Waals surface area contributed by atoms with Crippen molar-refractivity contribution in [3.63, 3.8) is 0 Å². The van der Waals surface area contributed by atoms with E-state index in [2.05, 4.69) is 15.3 Å². The van der Waals surface area contributed by atoms with Crippen LogP contribution in [0.2, 0.25) is 0 Å². The largest absolute Gasteiger partial charge is 0.493 e. The summed E-state index contributed by atoms with van der Waals surface area (Å²) in [6, 6.07) is 11.5. The molecule has 24 heavy (non-hydrogen) atoms. The van der Waals surface area contributed by atoms with Crippen molar-refractivity contribution >= 4 is 29.9 Å². The zero-order valence-corrected chi connectivity index (χ0v) is 16.4. The van der Waals surface area contributed by atoms with Gasteiger partial charge in [-0.3, -0.25) is 4.98 Å². The van der Waals surface area contributed by atoms with Gasteiger partial charge >= 0.3 is 0 Å². The lowest BCUT2D eigenvalue weighted by molar-refractivity contribution is 0.354. The molecule has 0 aliphatic rings. The zero-order chi connectivity index (χ0) is 16.7. The fraction of sp³-hybridized carbons (Fsp3) is 0.294. The van der Waals surface area contributed by atoms with E-state index < -0.39 is 0 Å². The summed E-state index contributed by atoms with van der Waals surface area (Å²) in [4.78, 5) is 8.72. The number of hydrogen-bond acceptors (Lipinski definition) is 4. The number of aromatic nitrogens is 1. The maximum Gasteiger partial charge on any atom is 0.189 e. The fourth-order valence-corrected chi connectivity index (χ4v) is 2.09. The monoisotopic (exact) mass is 442 g/mol. The van der Waals surface area contributed by atoms with E-state index in [9.17, 15) is 0 Å². The van der Waals surface area contributed by atoms with Gasteiger partial charge in [-0.15, -0.1) is 24.0 Å². The molecule has 1 heterocycles. The third kappa shape index (κ3) is 5.88. The molecular weight excluding hydrogens is 419 g/mol. The van der Waals surface area contributed by atoms with Gasteiger partial charge in [0.25, 0.3) is 0 Å². The summed E-state index contributed by atoms with van der Waals surface area (Å²) in [6.07, 6.45) is 0. The molecule has 7 heteroatoms. The second-order valence-corrected chi connectivity index (χ2v) is 5.01. The number of rotatable bonds is 6. The lowest BCUT2D eigenvalue weighted by atomic mass is 10.2. The number of methoxy groups -OCH3 is 2. The number of halogens is 1. The molecule has 3 N–H and O–H groups in total. The Morgan fingerprint density at radius 3 is 2.58 bits per heavy atom. The molecule has 0 fully saturated rings. The highest BCUT2D eigenvalue weighted by Gasteiger charge is 2.04. The van der Waals surface area contributed by atoms with E-state index in [0.29, 0.717) is 30.5 Å². The zero-order valence-electron chi connectivity index (χ0n) is 14.1. The van der Waals surface area contributed by atoms with Gasteiger partial charge in [0.05, 0.1) is 33.0 Å². The van der Waals surface area contributed by atoms with Crippen LogP contribution in [0.1, 0.15) is 17.0 Å². The van der Waals surface area contributed by atoms with Gasteiger partial charge < -0.3 is 20.5 Å². The third-order valence-corrected chi connectivity index (χ3v) is 3.28. The van der Waals surface area contributed by atoms with Crippen LogP contribution in [0.4, 0.5) is 0 Å². The predicted octanol–water partition coefficient (Wildman–Crippen LogP) is 2.63. The van der Waals surface area contributed by atoms with Crippen LogP contribution >= 0.6 is 24.0 Å². The summed E-state index contributed by atoms with van der Waals surface area (Å²) in [7, 11) is 3.21. The van der Waals surface area contributed by atoms with E-state index >= 15 is 0 Å². The first-order valence-electron chi connectivity index (χ1n) is 7.29. The van der Waals surface area contributed by atoms with Gasteiger partial charge in [-0.25, -0.2) is 4.99 Å². The molecule has 0 atom stereocenters. The van der Waals surface area contributed by atoms with Crippen LogP contribution in [0.15, 0.2) is 41.4 Å². The average molecular weight is 442 g/mol. The Morgan fingerprint density at radius 1 is 1.17 bits per heavy atom. The Hall–Kier alpha value is -2.03. The van der Waals surface area contributed by atoms with E-state index in [1.54, 1.807) is 14.2 Å². The van der Waals surface area contributed by atoms with Gasteiger partial charge in [-0.05, 0) is 36.8 Å². The van der Waals surface area contributed by atoms with Crippen molar-refractivity contribution in [3.05, 3.63) is 53.3 Å². The lowest BCUT2D eigenvalue weighted by Crippen LogP contribution is -2.31. The van der Waals surface area contributed by atoms with Gasteiger partial charge in [-0.2, -0.15) is 0 Å². The molecule has 0 saturated carbocycles. The van der Waals surface area contributed by atoms with Crippen molar-refractivity contribution in [3.8, 4) is 11.5 Å². The van der Waals surface area contributed by atoms with Crippen molar-refractivity contribution in [2.24, 2.45) is 10.7 Å². The molecule has 1 aromatic carbocycles. The Bertz CT molecular complexity index is 692. The summed E-state index contributed by atoms with van der Waals surface area (Å²) >= 11 is 0. The van der Waals surface area contributed by atoms with Gasteiger partial charge in [0.15, 0.2) is 17.5 Å². The number of benzene rings is 1. The van der Waals surface area contributed by atoms with Crippen LogP contribution in [0.3, 0.4) is 0 Å². The Morgan fingerprint density at radius 2 is 1.92 bits per heavy atom. The fourth-order valence-electron chi connectivity index (χ4n) is 2.09. The van der Waals surface area contributed by atoms with Gasteiger partial charge in [0.1, 0.15) is 0 Å². The van der Waals surface area contributed by atoms with Crippen LogP contribution in [-0.4, -0.2) is 25.2 Å². The second kappa shape index (κ2) is 9.96. The molecule has 0 aliphatic heterocycles. The second-order valence-electron chi connectivity index (χ2n) is 5.01. The molecule has 1 aromatic heterocycles. The highest BCUT2D eigenvalue weighted by Crippen LogP contribution is 2.27. The number of aryl methyl sites for hydroxylation is 1. The number of aliphatic imine (C=N–C) groups is 1. The number of nitrogens with zero attached hydrogens (tertiary/aromatic N) is 2. The van der Waals surface area contributed by atoms with Crippen LogP contribution in [0, 0.1) is 6.92 Å². The number of ether oxygens (including phenoxy) is 2. The SMILES string of the molecule is COc1ccc(CN=C(N)NCc2cccc(C)n2)cc1OC.I. The number of guanidine groups is 1. The average Bonchev–Trinajstić information content (AvgIpc) is 2.57. The smallest absolute Gasteiger partial charge is 0.189 e. The lowest BCUT2D eigenvalue weighted by Gasteiger charge is -2.09. The van der Waals surface area contributed by atoms with Crippen molar-refractivity contribution in [1.82, 2.24) is 10.3 Å². The molecule has 2 rings (SSSR count). The normalized spacial score (nSPS) is 10.7. The summed E-state index contributed by atoms with van der Waals surface area (Å²) in [5.74, 6) is 1.75. The van der Waals surface area contributed by atoms with Gasteiger partial charge in [0, 0.05) is 5.69 Å². The first-order chi connectivity index (χ1) is 11.1. The number of nitrogens with two attached hydrogens (primary N) is 1. The summed E-state index contributed by atoms with van der Waals surface area (Å²) < 4.78 is 10.5. The van der Waals surface area contributed by atoms with Crippen LogP contribution < -0.4 is 20.5 Å². The topological polar surface area (TPSA) is 81.8 Å². The standard InChI is InChI=1S/C17H22N4O2.HI/c1-12-5-4-6-14(21-12)11-20-17(18)19-10-13-7-8-15(22-2)16(9-13)23-3;/h4-9H,10-11H2,1-3H3,(H3,18,19,20);1H. The van der Waals surface area contributed by atoms with Crippen molar-refractivity contribution in [1.29, 1.82) is 0 Å². The van der Waals surface area contributed by atoms with E-state index in [4.69, 9.17) is 15.2 Å². The van der Waals surface area contributed by atoms with E-state index in [1.165, 1.54) is 0 Å². The molecule has 0 unspecified atom stereocenters. The molecule has 0 bridgehead atoms. The first-order valence-corrected chi connectivity index (χ1v) is 7.29. The quantitative estimate of drug-likeness (QED) is 0.409. The highest BCUT2D eigenvalue weighted by atomic mass is 127. The molecule has 130 valence electrons. The van der Waals surface area contributed by atoms with Gasteiger partial charge in [-0.1, -0.05) is 12.1 Å². The number of nitrogens with one attached hydrogen (secondary N) is 1. The maximum absolute atomic E-state index is 5.89. The van der Waals surface area contributed by atoms with E-state index in [1.807, 2.05) is 43.3 Å². The molecule has 0 aliphatic carbocycles. The molecule has 0 saturated heterocycles. The van der Waals surface area contributed by atoms with Crippen LogP contribution in [-0.2, 0) is 13.1 Å². The van der Waals surface area contributed by atoms with Gasteiger partial charge in [0.2, 0.25) is 0 Å². The molecule has 6 nitrogen and oxygen atoms in total. The van der Waals surface area contributed by atoms with Crippen molar-refractivity contribution < 1.29 is 9.47 Å².